The predicted octanol–water partition coefficient (Wildman–Crippen LogP) is 5.63. The van der Waals surface area contributed by atoms with Gasteiger partial charge in [0.1, 0.15) is 0 Å². The highest BCUT2D eigenvalue weighted by Crippen LogP contribution is 2.52. The lowest BCUT2D eigenvalue weighted by Gasteiger charge is -2.44. The van der Waals surface area contributed by atoms with Crippen molar-refractivity contribution >= 4 is 19.2 Å². The molecule has 3 nitrogen and oxygen atoms in total. The topological polar surface area (TPSA) is 27.7 Å². The Labute approximate surface area is 158 Å². The Hall–Kier alpha value is -2.10. The van der Waals surface area contributed by atoms with Crippen LogP contribution in [-0.2, 0) is 33.4 Å². The minimum atomic E-state index is -5.04. The van der Waals surface area contributed by atoms with Crippen LogP contribution in [-0.4, -0.2) is 6.36 Å². The summed E-state index contributed by atoms with van der Waals surface area (Å²) in [4.78, 5) is 4.93. The van der Waals surface area contributed by atoms with Gasteiger partial charge in [-0.05, 0) is 60.6 Å². The fourth-order valence-electron chi connectivity index (χ4n) is 2.63. The third-order valence-electron chi connectivity index (χ3n) is 3.80. The Kier molecular flexibility index (Phi) is 5.45. The predicted molar refractivity (Wildman–Crippen MR) is 98.2 cm³/mol. The lowest BCUT2D eigenvalue weighted by molar-refractivity contribution is -0.573. The summed E-state index contributed by atoms with van der Waals surface area (Å²) in [5.74, 6) is 0. The zero-order valence-corrected chi connectivity index (χ0v) is 15.5. The molecule has 0 atom stereocenters. The zero-order valence-electron chi connectivity index (χ0n) is 13.8. The molecule has 3 rings (SSSR count). The maximum absolute atomic E-state index is 12.5. The molecule has 0 aliphatic heterocycles. The lowest BCUT2D eigenvalue weighted by atomic mass is 10.4. The molecule has 142 valence electrons. The first kappa shape index (κ1) is 19.7. The molecule has 0 fully saturated rings. The molecule has 0 spiro atoms. The van der Waals surface area contributed by atoms with Gasteiger partial charge in [0.2, 0.25) is 0 Å². The van der Waals surface area contributed by atoms with Crippen molar-refractivity contribution in [3.63, 3.8) is 0 Å². The summed E-state index contributed by atoms with van der Waals surface area (Å²) in [6, 6.07) is 25.9. The van der Waals surface area contributed by atoms with Gasteiger partial charge in [-0.2, -0.15) is 0 Å². The first-order valence-electron chi connectivity index (χ1n) is 7.78. The maximum Gasteiger partial charge on any atom is 0.551 e. The van der Waals surface area contributed by atoms with Gasteiger partial charge in [0.15, 0.2) is 0 Å². The van der Waals surface area contributed by atoms with Gasteiger partial charge in [-0.25, -0.2) is 0 Å². The average molecular weight is 412 g/mol. The Bertz CT molecular complexity index is 840. The van der Waals surface area contributed by atoms with E-state index in [4.69, 9.17) is 15.5 Å². The van der Waals surface area contributed by atoms with Crippen molar-refractivity contribution in [2.75, 3.05) is 0 Å². The number of alkyl halides is 3. The van der Waals surface area contributed by atoms with E-state index in [1.807, 2.05) is 0 Å². The van der Waals surface area contributed by atoms with Crippen LogP contribution in [0.1, 0.15) is 0 Å². The van der Waals surface area contributed by atoms with Crippen molar-refractivity contribution in [3.05, 3.63) is 91.0 Å². The van der Waals surface area contributed by atoms with Crippen LogP contribution >= 0.6 is 0 Å². The molecule has 0 saturated carbocycles. The lowest BCUT2D eigenvalue weighted by Crippen LogP contribution is -2.36. The second-order valence-electron chi connectivity index (χ2n) is 5.48. The summed E-state index contributed by atoms with van der Waals surface area (Å²) in [6.07, 6.45) is -5.04. The standard InChI is InChI=1S/C19H15F3O3S2/c20-19(21,22)23-24-25-27(26,16-10-4-1-5-11-16,17-12-6-2-7-13-17)18-14-8-3-9-15-18/h1-15H. The molecule has 0 aromatic heterocycles. The van der Waals surface area contributed by atoms with E-state index in [-0.39, 0.29) is 0 Å². The van der Waals surface area contributed by atoms with E-state index < -0.39 is 14.4 Å². The van der Waals surface area contributed by atoms with Crippen LogP contribution < -0.4 is 0 Å². The second kappa shape index (κ2) is 7.49. The molecule has 8 heteroatoms. The molecule has 27 heavy (non-hydrogen) atoms. The summed E-state index contributed by atoms with van der Waals surface area (Å²) in [7, 11) is -3.97. The summed E-state index contributed by atoms with van der Waals surface area (Å²) in [5.41, 5.74) is 0. The van der Waals surface area contributed by atoms with Gasteiger partial charge in [-0.15, -0.1) is 17.5 Å². The van der Waals surface area contributed by atoms with Gasteiger partial charge in [-0.1, -0.05) is 59.5 Å². The van der Waals surface area contributed by atoms with Gasteiger partial charge in [0, 0.05) is 14.7 Å². The highest BCUT2D eigenvalue weighted by molar-refractivity contribution is 8.49. The third kappa shape index (κ3) is 3.80. The Morgan fingerprint density at radius 3 is 1.26 bits per heavy atom. The smallest absolute Gasteiger partial charge is 0.142 e. The van der Waals surface area contributed by atoms with E-state index in [0.29, 0.717) is 14.7 Å². The fraction of sp³-hybridized carbons (Fsp3) is 0.0526. The third-order valence-corrected chi connectivity index (χ3v) is 9.40. The number of hydrogen-bond donors (Lipinski definition) is 0. The van der Waals surface area contributed by atoms with Crippen molar-refractivity contribution in [2.45, 2.75) is 21.0 Å². The second-order valence-corrected chi connectivity index (χ2v) is 10.7. The van der Waals surface area contributed by atoms with E-state index in [1.165, 1.54) is 0 Å². The van der Waals surface area contributed by atoms with Gasteiger partial charge in [0.05, 0.1) is 0 Å². The molecule has 0 radical (unpaired) electrons. The van der Waals surface area contributed by atoms with E-state index in [1.54, 1.807) is 91.0 Å². The highest BCUT2D eigenvalue weighted by Gasteiger charge is 2.43. The fourth-order valence-corrected chi connectivity index (χ4v) is 6.84. The molecule has 0 N–H and O–H groups in total. The Balaban J connectivity index is 2.28. The van der Waals surface area contributed by atoms with Crippen LogP contribution in [0.4, 0.5) is 13.2 Å². The van der Waals surface area contributed by atoms with Crippen molar-refractivity contribution < 1.29 is 27.4 Å². The molecule has 0 unspecified atom stereocenters. The Morgan fingerprint density at radius 1 is 0.630 bits per heavy atom. The van der Waals surface area contributed by atoms with E-state index in [9.17, 15) is 13.2 Å². The largest absolute Gasteiger partial charge is 0.551 e. The molecule has 3 aromatic carbocycles. The molecular formula is C19H15F3O3S2. The minimum absolute atomic E-state index is 0.493. The van der Waals surface area contributed by atoms with Crippen LogP contribution in [0.15, 0.2) is 106 Å². The highest BCUT2D eigenvalue weighted by atomic mass is 32.9. The monoisotopic (exact) mass is 412 g/mol. The van der Waals surface area contributed by atoms with Crippen LogP contribution in [0, 0.1) is 0 Å². The number of rotatable bonds is 6. The van der Waals surface area contributed by atoms with Crippen LogP contribution in [0.25, 0.3) is 0 Å². The molecule has 0 amide bonds. The summed E-state index contributed by atoms with van der Waals surface area (Å²) in [6.45, 7) is 0. The van der Waals surface area contributed by atoms with Crippen LogP contribution in [0.2, 0.25) is 0 Å². The molecule has 0 bridgehead atoms. The SMILES string of the molecule is FC(F)(F)OOOS(=S)(c1ccccc1)(c1ccccc1)c1ccccc1. The first-order chi connectivity index (χ1) is 12.8. The summed E-state index contributed by atoms with van der Waals surface area (Å²) in [5, 5.41) is 4.25. The Morgan fingerprint density at radius 2 is 0.963 bits per heavy atom. The quantitative estimate of drug-likeness (QED) is 0.387. The summed E-state index contributed by atoms with van der Waals surface area (Å²) < 4.78 is 43.0. The van der Waals surface area contributed by atoms with Crippen molar-refractivity contribution in [1.82, 2.24) is 0 Å². The van der Waals surface area contributed by atoms with E-state index >= 15 is 0 Å². The van der Waals surface area contributed by atoms with Gasteiger partial charge in [-0.3, -0.25) is 0 Å². The van der Waals surface area contributed by atoms with Crippen molar-refractivity contribution in [1.29, 1.82) is 0 Å². The van der Waals surface area contributed by atoms with Crippen LogP contribution in [0.3, 0.4) is 0 Å². The van der Waals surface area contributed by atoms with Crippen molar-refractivity contribution in [2.24, 2.45) is 0 Å². The average Bonchev–Trinajstić information content (AvgIpc) is 2.69. The molecule has 0 aliphatic carbocycles. The van der Waals surface area contributed by atoms with Gasteiger partial charge in [0.25, 0.3) is 0 Å². The number of hydrogen-bond acceptors (Lipinski definition) is 4. The van der Waals surface area contributed by atoms with E-state index in [2.05, 4.69) is 9.93 Å². The van der Waals surface area contributed by atoms with Crippen molar-refractivity contribution in [3.8, 4) is 0 Å². The maximum atomic E-state index is 12.5. The molecule has 3 aromatic rings. The van der Waals surface area contributed by atoms with Gasteiger partial charge >= 0.3 is 6.36 Å². The van der Waals surface area contributed by atoms with Crippen LogP contribution in [0.5, 0.6) is 0 Å². The molecular weight excluding hydrogens is 397 g/mol. The van der Waals surface area contributed by atoms with Gasteiger partial charge < -0.3 is 0 Å². The minimum Gasteiger partial charge on any atom is -0.142 e. The molecule has 0 saturated heterocycles. The molecule has 0 aliphatic rings. The number of benzene rings is 3. The molecule has 0 heterocycles. The normalized spacial score (nSPS) is 13.7. The number of halogens is 3. The zero-order chi connectivity index (χ0) is 19.4. The first-order valence-corrected chi connectivity index (χ1v) is 10.7. The van der Waals surface area contributed by atoms with E-state index in [0.717, 1.165) is 0 Å². The summed E-state index contributed by atoms with van der Waals surface area (Å²) >= 11 is 6.07.